The first-order chi connectivity index (χ1) is 6.57. The first kappa shape index (κ1) is 11.5. The van der Waals surface area contributed by atoms with Crippen LogP contribution in [0.15, 0.2) is 0 Å². The molecular weight excluding hydrogens is 182 g/mol. The fraction of sp³-hybridized carbons (Fsp3) is 0.900. The highest BCUT2D eigenvalue weighted by Gasteiger charge is 2.31. The number of nitrogens with two attached hydrogens (primary N) is 1. The molecule has 1 fully saturated rings. The lowest BCUT2D eigenvalue weighted by Gasteiger charge is -2.25. The molecule has 0 aromatic carbocycles. The molecular formula is C10H19NO3. The number of rotatable bonds is 5. The lowest BCUT2D eigenvalue weighted by atomic mass is 10.0. The fourth-order valence-electron chi connectivity index (χ4n) is 1.85. The molecule has 0 amide bonds. The number of carbonyl (C=O) groups is 1. The molecule has 1 unspecified atom stereocenters. The van der Waals surface area contributed by atoms with Gasteiger partial charge in [-0.15, -0.1) is 0 Å². The summed E-state index contributed by atoms with van der Waals surface area (Å²) >= 11 is 0. The Morgan fingerprint density at radius 1 is 1.57 bits per heavy atom. The average Bonchev–Trinajstić information content (AvgIpc) is 2.53. The van der Waals surface area contributed by atoms with E-state index in [1.807, 2.05) is 0 Å². The van der Waals surface area contributed by atoms with E-state index in [-0.39, 0.29) is 5.54 Å². The van der Waals surface area contributed by atoms with Crippen molar-refractivity contribution in [2.24, 2.45) is 5.73 Å². The van der Waals surface area contributed by atoms with Gasteiger partial charge in [0.1, 0.15) is 0 Å². The van der Waals surface area contributed by atoms with Gasteiger partial charge in [-0.1, -0.05) is 19.8 Å². The molecule has 0 heterocycles. The van der Waals surface area contributed by atoms with Crippen LogP contribution >= 0.6 is 0 Å². The summed E-state index contributed by atoms with van der Waals surface area (Å²) in [5, 5.41) is 8.77. The lowest BCUT2D eigenvalue weighted by Crippen LogP contribution is -2.43. The molecule has 1 atom stereocenters. The minimum absolute atomic E-state index is 0.275. The highest BCUT2D eigenvalue weighted by molar-refractivity contribution is 5.72. The number of ether oxygens (including phenoxy) is 1. The average molecular weight is 201 g/mol. The van der Waals surface area contributed by atoms with Crippen LogP contribution in [0.25, 0.3) is 0 Å². The van der Waals surface area contributed by atoms with Crippen molar-refractivity contribution >= 4 is 5.97 Å². The van der Waals surface area contributed by atoms with Crippen molar-refractivity contribution in [3.8, 4) is 0 Å². The summed E-state index contributed by atoms with van der Waals surface area (Å²) in [7, 11) is 0. The molecule has 1 aliphatic carbocycles. The smallest absolute Gasteiger partial charge is 0.332 e. The number of carboxylic acids is 1. The molecule has 82 valence electrons. The normalized spacial score (nSPS) is 22.1. The molecule has 1 aliphatic rings. The molecule has 0 aliphatic heterocycles. The van der Waals surface area contributed by atoms with Gasteiger partial charge in [-0.05, 0) is 19.3 Å². The van der Waals surface area contributed by atoms with Gasteiger partial charge in [-0.3, -0.25) is 0 Å². The molecule has 4 heteroatoms. The van der Waals surface area contributed by atoms with Crippen LogP contribution in [0.5, 0.6) is 0 Å². The second-order valence-electron chi connectivity index (χ2n) is 4.12. The lowest BCUT2D eigenvalue weighted by molar-refractivity contribution is -0.151. The second-order valence-corrected chi connectivity index (χ2v) is 4.12. The summed E-state index contributed by atoms with van der Waals surface area (Å²) in [6.07, 6.45) is 3.95. The van der Waals surface area contributed by atoms with E-state index in [2.05, 4.69) is 0 Å². The van der Waals surface area contributed by atoms with Gasteiger partial charge in [-0.2, -0.15) is 0 Å². The van der Waals surface area contributed by atoms with Gasteiger partial charge >= 0.3 is 5.97 Å². The van der Waals surface area contributed by atoms with Gasteiger partial charge < -0.3 is 15.6 Å². The van der Waals surface area contributed by atoms with E-state index in [9.17, 15) is 4.79 Å². The molecule has 0 radical (unpaired) electrons. The Labute approximate surface area is 84.4 Å². The van der Waals surface area contributed by atoms with Crippen LogP contribution < -0.4 is 5.73 Å². The van der Waals surface area contributed by atoms with E-state index in [1.54, 1.807) is 6.92 Å². The maximum atomic E-state index is 10.7. The molecule has 0 bridgehead atoms. The van der Waals surface area contributed by atoms with E-state index >= 15 is 0 Å². The first-order valence-corrected chi connectivity index (χ1v) is 5.21. The van der Waals surface area contributed by atoms with Crippen molar-refractivity contribution in [3.05, 3.63) is 0 Å². The van der Waals surface area contributed by atoms with Crippen molar-refractivity contribution in [2.45, 2.75) is 50.7 Å². The highest BCUT2D eigenvalue weighted by Crippen LogP contribution is 2.27. The monoisotopic (exact) mass is 201 g/mol. The van der Waals surface area contributed by atoms with E-state index in [0.29, 0.717) is 13.0 Å². The van der Waals surface area contributed by atoms with Crippen molar-refractivity contribution < 1.29 is 14.6 Å². The van der Waals surface area contributed by atoms with Crippen LogP contribution in [0.2, 0.25) is 0 Å². The zero-order valence-corrected chi connectivity index (χ0v) is 8.66. The van der Waals surface area contributed by atoms with Crippen LogP contribution in [-0.4, -0.2) is 29.3 Å². The van der Waals surface area contributed by atoms with Crippen LogP contribution in [0.1, 0.15) is 39.0 Å². The first-order valence-electron chi connectivity index (χ1n) is 5.21. The zero-order valence-electron chi connectivity index (χ0n) is 8.66. The van der Waals surface area contributed by atoms with Crippen molar-refractivity contribution in [1.29, 1.82) is 0 Å². The molecule has 1 saturated carbocycles. The van der Waals surface area contributed by atoms with Gasteiger partial charge in [0.05, 0.1) is 6.61 Å². The Morgan fingerprint density at radius 3 is 2.57 bits per heavy atom. The summed E-state index contributed by atoms with van der Waals surface area (Å²) in [4.78, 5) is 10.7. The van der Waals surface area contributed by atoms with Gasteiger partial charge in [0.25, 0.3) is 0 Å². The fourth-order valence-corrected chi connectivity index (χ4v) is 1.85. The zero-order chi connectivity index (χ0) is 10.6. The summed E-state index contributed by atoms with van der Waals surface area (Å²) in [5.74, 6) is -0.894. The Hall–Kier alpha value is -0.610. The summed E-state index contributed by atoms with van der Waals surface area (Å²) in [6.45, 7) is 2.18. The largest absolute Gasteiger partial charge is 0.479 e. The van der Waals surface area contributed by atoms with Gasteiger partial charge in [-0.25, -0.2) is 4.79 Å². The van der Waals surface area contributed by atoms with Crippen LogP contribution in [0, 0.1) is 0 Å². The molecule has 1 rings (SSSR count). The third-order valence-corrected chi connectivity index (χ3v) is 2.82. The highest BCUT2D eigenvalue weighted by atomic mass is 16.5. The molecule has 14 heavy (non-hydrogen) atoms. The second kappa shape index (κ2) is 4.75. The van der Waals surface area contributed by atoms with E-state index in [1.165, 1.54) is 0 Å². The number of hydrogen-bond donors (Lipinski definition) is 2. The Bertz CT molecular complexity index is 200. The van der Waals surface area contributed by atoms with Crippen molar-refractivity contribution in [3.63, 3.8) is 0 Å². The minimum Gasteiger partial charge on any atom is -0.479 e. The Kier molecular flexibility index (Phi) is 3.89. The number of hydrogen-bond acceptors (Lipinski definition) is 3. The standard InChI is InChI=1S/C10H19NO3/c1-2-8(9(12)13)14-7-10(11)5-3-4-6-10/h8H,2-7,11H2,1H3,(H,12,13). The predicted molar refractivity (Wildman–Crippen MR) is 53.1 cm³/mol. The maximum Gasteiger partial charge on any atom is 0.332 e. The quantitative estimate of drug-likeness (QED) is 0.699. The maximum absolute atomic E-state index is 10.7. The summed E-state index contributed by atoms with van der Waals surface area (Å²) in [5.41, 5.74) is 5.77. The van der Waals surface area contributed by atoms with Gasteiger partial charge in [0, 0.05) is 5.54 Å². The molecule has 0 aromatic rings. The SMILES string of the molecule is CCC(OCC1(N)CCCC1)C(=O)O. The Morgan fingerprint density at radius 2 is 2.14 bits per heavy atom. The van der Waals surface area contributed by atoms with Crippen molar-refractivity contribution in [1.82, 2.24) is 0 Å². The molecule has 0 aromatic heterocycles. The van der Waals surface area contributed by atoms with Crippen molar-refractivity contribution in [2.75, 3.05) is 6.61 Å². The summed E-state index contributed by atoms with van der Waals surface area (Å²) < 4.78 is 5.32. The van der Waals surface area contributed by atoms with Crippen LogP contribution in [-0.2, 0) is 9.53 Å². The molecule has 3 N–H and O–H groups in total. The van der Waals surface area contributed by atoms with Crippen LogP contribution in [0.3, 0.4) is 0 Å². The minimum atomic E-state index is -0.894. The molecule has 0 spiro atoms. The third kappa shape index (κ3) is 2.96. The number of aliphatic carboxylic acids is 1. The number of carboxylic acid groups (broad SMARTS) is 1. The summed E-state index contributed by atoms with van der Waals surface area (Å²) in [6, 6.07) is 0. The molecule has 4 nitrogen and oxygen atoms in total. The molecule has 0 saturated heterocycles. The van der Waals surface area contributed by atoms with Gasteiger partial charge in [0.15, 0.2) is 6.10 Å². The Balaban J connectivity index is 2.34. The predicted octanol–water partition coefficient (Wildman–Crippen LogP) is 1.14. The van der Waals surface area contributed by atoms with Crippen LogP contribution in [0.4, 0.5) is 0 Å². The third-order valence-electron chi connectivity index (χ3n) is 2.82. The topological polar surface area (TPSA) is 72.5 Å². The van der Waals surface area contributed by atoms with E-state index < -0.39 is 12.1 Å². The van der Waals surface area contributed by atoms with E-state index in [4.69, 9.17) is 15.6 Å². The van der Waals surface area contributed by atoms with Gasteiger partial charge in [0.2, 0.25) is 0 Å². The van der Waals surface area contributed by atoms with E-state index in [0.717, 1.165) is 25.7 Å².